The molecule has 10 nitrogen and oxygen atoms in total. The molecule has 0 atom stereocenters. The third-order valence-corrected chi connectivity index (χ3v) is 10.0. The smallest absolute Gasteiger partial charge is 0.341 e. The molecule has 0 spiro atoms. The summed E-state index contributed by atoms with van der Waals surface area (Å²) in [5.74, 6) is -4.01. The number of fused-ring (bicyclic) bond motifs is 2. The first-order valence-corrected chi connectivity index (χ1v) is 17.8. The van der Waals surface area contributed by atoms with Gasteiger partial charge in [0, 0.05) is 24.0 Å². The topological polar surface area (TPSA) is 170 Å². The molecule has 2 aromatic carbocycles. The summed E-state index contributed by atoms with van der Waals surface area (Å²) in [5, 5.41) is 18.7. The van der Waals surface area contributed by atoms with Crippen molar-refractivity contribution in [3.63, 3.8) is 0 Å². The Bertz CT molecular complexity index is 2680. The van der Waals surface area contributed by atoms with Crippen LogP contribution < -0.4 is 22.6 Å². The van der Waals surface area contributed by atoms with Gasteiger partial charge in [-0.1, -0.05) is 19.9 Å². The van der Waals surface area contributed by atoms with Gasteiger partial charge in [0.05, 0.1) is 22.4 Å². The minimum Gasteiger partial charge on any atom is -0.477 e. The molecule has 2 aliphatic carbocycles. The van der Waals surface area contributed by atoms with Crippen LogP contribution in [0.25, 0.3) is 33.3 Å². The van der Waals surface area contributed by atoms with Crippen molar-refractivity contribution in [1.29, 1.82) is 0 Å². The fourth-order valence-corrected chi connectivity index (χ4v) is 6.98. The first-order chi connectivity index (χ1) is 26.2. The quantitative estimate of drug-likeness (QED) is 0.123. The second-order valence-corrected chi connectivity index (χ2v) is 13.5. The van der Waals surface area contributed by atoms with Gasteiger partial charge >= 0.3 is 11.9 Å². The van der Waals surface area contributed by atoms with Crippen molar-refractivity contribution in [1.82, 2.24) is 8.80 Å². The third kappa shape index (κ3) is 7.05. The molecule has 0 radical (unpaired) electrons. The van der Waals surface area contributed by atoms with E-state index < -0.39 is 40.5 Å². The van der Waals surface area contributed by atoms with E-state index >= 15 is 0 Å². The number of aromatic carboxylic acids is 2. The average molecular weight is 753 g/mol. The molecular formula is C42H39F3N4O6. The molecule has 0 unspecified atom stereocenters. The summed E-state index contributed by atoms with van der Waals surface area (Å²) in [6.45, 7) is 7.58. The molecule has 8 rings (SSSR count). The van der Waals surface area contributed by atoms with Crippen molar-refractivity contribution in [2.45, 2.75) is 65.2 Å². The number of aryl methyl sites for hydroxylation is 2. The molecule has 0 aliphatic heterocycles. The van der Waals surface area contributed by atoms with Crippen LogP contribution in [0.15, 0.2) is 76.6 Å². The van der Waals surface area contributed by atoms with Crippen molar-refractivity contribution in [2.75, 3.05) is 11.5 Å². The maximum atomic E-state index is 14.4. The summed E-state index contributed by atoms with van der Waals surface area (Å²) in [6.07, 6.45) is 6.68. The van der Waals surface area contributed by atoms with Crippen LogP contribution in [0.4, 0.5) is 24.5 Å². The Balaban J connectivity index is 0.000000179. The average Bonchev–Trinajstić information content (AvgIpc) is 4.08. The van der Waals surface area contributed by atoms with Crippen LogP contribution in [-0.2, 0) is 0 Å². The summed E-state index contributed by atoms with van der Waals surface area (Å²) < 4.78 is 44.9. The van der Waals surface area contributed by atoms with Crippen molar-refractivity contribution >= 4 is 34.3 Å². The van der Waals surface area contributed by atoms with Gasteiger partial charge in [0.25, 0.3) is 11.1 Å². The Kier molecular flexibility index (Phi) is 10.3. The number of rotatable bonds is 6. The van der Waals surface area contributed by atoms with Crippen LogP contribution in [0, 0.1) is 31.3 Å². The predicted molar refractivity (Wildman–Crippen MR) is 206 cm³/mol. The molecule has 6 aromatic rings. The fourth-order valence-electron chi connectivity index (χ4n) is 6.98. The molecule has 2 fully saturated rings. The van der Waals surface area contributed by atoms with E-state index in [0.29, 0.717) is 27.7 Å². The number of nitrogens with zero attached hydrogens (tertiary/aromatic N) is 2. The number of benzene rings is 2. The van der Waals surface area contributed by atoms with E-state index in [1.807, 2.05) is 20.8 Å². The highest BCUT2D eigenvalue weighted by Crippen LogP contribution is 2.45. The Morgan fingerprint density at radius 1 is 0.618 bits per heavy atom. The Hall–Kier alpha value is -6.37. The highest BCUT2D eigenvalue weighted by molar-refractivity contribution is 5.90. The minimum absolute atomic E-state index is 0.0400. The van der Waals surface area contributed by atoms with Gasteiger partial charge in [-0.05, 0) is 133 Å². The predicted octanol–water partition coefficient (Wildman–Crippen LogP) is 8.31. The highest BCUT2D eigenvalue weighted by Gasteiger charge is 2.31. The summed E-state index contributed by atoms with van der Waals surface area (Å²) in [4.78, 5) is 48.0. The maximum Gasteiger partial charge on any atom is 0.341 e. The van der Waals surface area contributed by atoms with Gasteiger partial charge in [-0.3, -0.25) is 18.4 Å². The van der Waals surface area contributed by atoms with E-state index in [1.54, 1.807) is 25.3 Å². The van der Waals surface area contributed by atoms with Crippen molar-refractivity contribution in [2.24, 2.45) is 0 Å². The van der Waals surface area contributed by atoms with Crippen molar-refractivity contribution in [3.8, 4) is 22.3 Å². The number of carbonyl (C=O) groups is 2. The monoisotopic (exact) mass is 752 g/mol. The second kappa shape index (κ2) is 14.8. The Morgan fingerprint density at radius 2 is 1.07 bits per heavy atom. The third-order valence-electron chi connectivity index (χ3n) is 10.0. The lowest BCUT2D eigenvalue weighted by Gasteiger charge is -2.16. The van der Waals surface area contributed by atoms with Crippen molar-refractivity contribution < 1.29 is 33.0 Å². The lowest BCUT2D eigenvalue weighted by atomic mass is 9.96. The number of nitrogens with two attached hydrogens (primary N) is 2. The first-order valence-electron chi connectivity index (χ1n) is 17.8. The van der Waals surface area contributed by atoms with Gasteiger partial charge in [0.1, 0.15) is 28.6 Å². The van der Waals surface area contributed by atoms with Crippen LogP contribution >= 0.6 is 0 Å². The Morgan fingerprint density at radius 3 is 1.53 bits per heavy atom. The van der Waals surface area contributed by atoms with E-state index in [1.165, 1.54) is 45.3 Å². The number of halogens is 3. The summed E-state index contributed by atoms with van der Waals surface area (Å²) in [5.41, 5.74) is 15.2. The largest absolute Gasteiger partial charge is 0.477 e. The lowest BCUT2D eigenvalue weighted by Crippen LogP contribution is -2.23. The number of hydrogen-bond donors (Lipinski definition) is 4. The first kappa shape index (κ1) is 38.4. The number of hydrogen-bond acceptors (Lipinski definition) is 6. The zero-order valence-electron chi connectivity index (χ0n) is 30.5. The number of carboxylic acid groups (broad SMARTS) is 2. The minimum atomic E-state index is -1.29. The SMILES string of the molecule is CC.Cc1c(-c2cc(F)c(N)cc2F)ccn2c(=O)c(C(=O)O)cc(C3CC3)c12.Cc1c(-c2ccc(N)c(F)c2)ccn2c(=O)c(C(=O)O)cc(C3CC3)c12. The molecule has 0 saturated heterocycles. The zero-order valence-corrected chi connectivity index (χ0v) is 30.5. The van der Waals surface area contributed by atoms with E-state index in [2.05, 4.69) is 0 Å². The van der Waals surface area contributed by atoms with Crippen LogP contribution in [0.2, 0.25) is 0 Å². The lowest BCUT2D eigenvalue weighted by molar-refractivity contribution is 0.0683. The van der Waals surface area contributed by atoms with Crippen LogP contribution in [0.1, 0.15) is 94.3 Å². The molecule has 55 heavy (non-hydrogen) atoms. The van der Waals surface area contributed by atoms with Crippen LogP contribution in [0.3, 0.4) is 0 Å². The highest BCUT2D eigenvalue weighted by atomic mass is 19.1. The van der Waals surface area contributed by atoms with Gasteiger partial charge < -0.3 is 21.7 Å². The van der Waals surface area contributed by atoms with Gasteiger partial charge in [-0.2, -0.15) is 0 Å². The van der Waals surface area contributed by atoms with E-state index in [0.717, 1.165) is 60.1 Å². The molecule has 284 valence electrons. The van der Waals surface area contributed by atoms with Gasteiger partial charge in [0.15, 0.2) is 0 Å². The molecule has 0 bridgehead atoms. The van der Waals surface area contributed by atoms with Gasteiger partial charge in [-0.25, -0.2) is 22.8 Å². The van der Waals surface area contributed by atoms with Crippen molar-refractivity contribution in [3.05, 3.63) is 139 Å². The number of aromatic nitrogens is 2. The van der Waals surface area contributed by atoms with E-state index in [-0.39, 0.29) is 39.9 Å². The number of anilines is 2. The normalized spacial score (nSPS) is 13.5. The molecule has 2 aliphatic rings. The standard InChI is InChI=1S/C20H16F2N2O3.C20H17FN2O3.C2H6/c1-9-11(13-7-16(22)17(23)8-15(13)21)4-5-24-18(9)12(10-2-3-10)6-14(19(24)25)20(26)27;1-10-13(12-4-5-17(22)16(21)8-12)6-7-23-18(10)14(11-2-3-11)9-15(19(23)24)20(25)26;1-2/h4-8,10H,2-3,23H2,1H3,(H,26,27);4-9,11H,2-3,22H2,1H3,(H,25,26);1-2H3. The molecule has 6 N–H and O–H groups in total. The van der Waals surface area contributed by atoms with E-state index in [9.17, 15) is 42.6 Å². The molecular weight excluding hydrogens is 713 g/mol. The molecule has 4 heterocycles. The molecule has 13 heteroatoms. The van der Waals surface area contributed by atoms with E-state index in [4.69, 9.17) is 11.5 Å². The van der Waals surface area contributed by atoms with Gasteiger partial charge in [-0.15, -0.1) is 0 Å². The van der Waals surface area contributed by atoms with Crippen LogP contribution in [0.5, 0.6) is 0 Å². The van der Waals surface area contributed by atoms with Crippen LogP contribution in [-0.4, -0.2) is 31.0 Å². The molecule has 0 amide bonds. The number of nitrogen functional groups attached to an aromatic ring is 2. The second-order valence-electron chi connectivity index (χ2n) is 13.5. The molecule has 2 saturated carbocycles. The number of pyridine rings is 4. The summed E-state index contributed by atoms with van der Waals surface area (Å²) in [6, 6.07) is 12.7. The summed E-state index contributed by atoms with van der Waals surface area (Å²) >= 11 is 0. The zero-order chi connectivity index (χ0) is 40.0. The maximum absolute atomic E-state index is 14.4. The number of carboxylic acids is 2. The fraction of sp³-hybridized carbons (Fsp3) is 0.238. The summed E-state index contributed by atoms with van der Waals surface area (Å²) in [7, 11) is 0. The Labute approximate surface area is 313 Å². The van der Waals surface area contributed by atoms with Gasteiger partial charge in [0.2, 0.25) is 0 Å². The molecule has 4 aromatic heterocycles.